The van der Waals surface area contributed by atoms with Crippen molar-refractivity contribution in [3.8, 4) is 17.4 Å². The van der Waals surface area contributed by atoms with Gasteiger partial charge in [0.25, 0.3) is 0 Å². The molecule has 1 fully saturated rings. The van der Waals surface area contributed by atoms with Gasteiger partial charge in [-0.2, -0.15) is 4.52 Å². The summed E-state index contributed by atoms with van der Waals surface area (Å²) in [6.45, 7) is 0.492. The van der Waals surface area contributed by atoms with Crippen LogP contribution in [0.15, 0.2) is 53.2 Å². The van der Waals surface area contributed by atoms with Crippen molar-refractivity contribution in [2.24, 2.45) is 5.92 Å². The van der Waals surface area contributed by atoms with Crippen LogP contribution in [0.2, 0.25) is 0 Å². The van der Waals surface area contributed by atoms with Crippen LogP contribution in [0.5, 0.6) is 5.88 Å². The van der Waals surface area contributed by atoms with Crippen LogP contribution < -0.4 is 4.74 Å². The number of carbonyl (C=O) groups excluding carboxylic acids is 1. The second-order valence-electron chi connectivity index (χ2n) is 9.60. The Balaban J connectivity index is 1.26. The van der Waals surface area contributed by atoms with Gasteiger partial charge in [0, 0.05) is 41.6 Å². The molecule has 10 heteroatoms. The number of ketones is 1. The molecule has 4 aromatic heterocycles. The summed E-state index contributed by atoms with van der Waals surface area (Å²) in [6.07, 6.45) is 8.30. The zero-order valence-corrected chi connectivity index (χ0v) is 21.2. The van der Waals surface area contributed by atoms with Gasteiger partial charge in [-0.05, 0) is 31.0 Å². The molecule has 4 heterocycles. The Labute approximate surface area is 219 Å². The first-order valence-electron chi connectivity index (χ1n) is 12.9. The van der Waals surface area contributed by atoms with Gasteiger partial charge in [0.1, 0.15) is 13.2 Å². The maximum Gasteiger partial charge on any atom is 0.240 e. The van der Waals surface area contributed by atoms with Gasteiger partial charge in [0.2, 0.25) is 11.7 Å². The predicted molar refractivity (Wildman–Crippen MR) is 139 cm³/mol. The molecule has 0 amide bonds. The van der Waals surface area contributed by atoms with E-state index in [1.807, 2.05) is 36.4 Å². The zero-order valence-electron chi connectivity index (χ0n) is 21.2. The molecule has 0 bridgehead atoms. The molecule has 0 aliphatic heterocycles. The molecule has 0 radical (unpaired) electrons. The number of Topliss-reactive ketones (excluding diaryl/α,β-unsaturated/α-hetero) is 1. The molecule has 1 saturated carbocycles. The van der Waals surface area contributed by atoms with Crippen molar-refractivity contribution in [1.29, 1.82) is 0 Å². The number of ether oxygens (including phenoxy) is 2. The van der Waals surface area contributed by atoms with E-state index >= 15 is 0 Å². The van der Waals surface area contributed by atoms with Crippen LogP contribution in [0, 0.1) is 5.92 Å². The van der Waals surface area contributed by atoms with Crippen molar-refractivity contribution >= 4 is 22.2 Å². The maximum absolute atomic E-state index is 13.0. The van der Waals surface area contributed by atoms with Gasteiger partial charge in [-0.15, -0.1) is 15.3 Å². The smallest absolute Gasteiger partial charge is 0.240 e. The summed E-state index contributed by atoms with van der Waals surface area (Å²) in [5, 5.41) is 19.1. The maximum atomic E-state index is 13.0. The fraction of sp³-hybridized carbons (Fsp3) is 0.357. The van der Waals surface area contributed by atoms with Crippen LogP contribution in [0.3, 0.4) is 0 Å². The Morgan fingerprint density at radius 2 is 1.84 bits per heavy atom. The number of hydrogen-bond acceptors (Lipinski definition) is 9. The highest BCUT2D eigenvalue weighted by Crippen LogP contribution is 2.30. The number of rotatable bonds is 8. The lowest BCUT2D eigenvalue weighted by Gasteiger charge is -2.13. The van der Waals surface area contributed by atoms with Gasteiger partial charge in [-0.1, -0.05) is 49.0 Å². The summed E-state index contributed by atoms with van der Waals surface area (Å²) >= 11 is 0. The lowest BCUT2D eigenvalue weighted by molar-refractivity contribution is 0.0907. The quantitative estimate of drug-likeness (QED) is 0.204. The summed E-state index contributed by atoms with van der Waals surface area (Å²) in [7, 11) is 1.59. The predicted octanol–water partition coefficient (Wildman–Crippen LogP) is 5.21. The Bertz CT molecular complexity index is 1570. The van der Waals surface area contributed by atoms with E-state index in [-0.39, 0.29) is 18.3 Å². The summed E-state index contributed by atoms with van der Waals surface area (Å²) in [5.41, 5.74) is 2.45. The highest BCUT2D eigenvalue weighted by Gasteiger charge is 2.22. The van der Waals surface area contributed by atoms with E-state index in [4.69, 9.17) is 19.1 Å². The number of fused-ring (bicyclic) bond motifs is 3. The second kappa shape index (κ2) is 10.7. The highest BCUT2D eigenvalue weighted by atomic mass is 16.5. The molecule has 0 atom stereocenters. The van der Waals surface area contributed by atoms with E-state index in [1.165, 1.54) is 12.8 Å². The molecule has 38 heavy (non-hydrogen) atoms. The van der Waals surface area contributed by atoms with E-state index in [1.54, 1.807) is 23.9 Å². The Morgan fingerprint density at radius 3 is 2.61 bits per heavy atom. The Hall–Kier alpha value is -4.18. The van der Waals surface area contributed by atoms with Crippen LogP contribution in [0.25, 0.3) is 27.9 Å². The van der Waals surface area contributed by atoms with Gasteiger partial charge in [-0.25, -0.2) is 0 Å². The molecule has 0 unspecified atom stereocenters. The Kier molecular flexibility index (Phi) is 6.78. The fourth-order valence-electron chi connectivity index (χ4n) is 5.02. The topological polar surface area (TPSA) is 118 Å². The van der Waals surface area contributed by atoms with Crippen molar-refractivity contribution in [1.82, 2.24) is 30.0 Å². The number of benzene rings is 1. The molecular formula is C28H28N6O4. The number of methoxy groups -OCH3 is 1. The first kappa shape index (κ1) is 24.2. The highest BCUT2D eigenvalue weighted by molar-refractivity contribution is 5.98. The minimum Gasteiger partial charge on any atom is -0.470 e. The molecule has 10 nitrogen and oxygen atoms in total. The van der Waals surface area contributed by atoms with Gasteiger partial charge < -0.3 is 14.0 Å². The minimum atomic E-state index is 0.108. The molecule has 1 aliphatic rings. The average Bonchev–Trinajstić information content (AvgIpc) is 3.50. The fourth-order valence-corrected chi connectivity index (χ4v) is 5.02. The van der Waals surface area contributed by atoms with Crippen molar-refractivity contribution in [2.45, 2.75) is 51.7 Å². The van der Waals surface area contributed by atoms with Gasteiger partial charge in [0.15, 0.2) is 22.9 Å². The summed E-state index contributed by atoms with van der Waals surface area (Å²) in [5.74, 6) is 1.73. The van der Waals surface area contributed by atoms with E-state index < -0.39 is 0 Å². The lowest BCUT2D eigenvalue weighted by atomic mass is 9.92. The van der Waals surface area contributed by atoms with Gasteiger partial charge >= 0.3 is 0 Å². The molecule has 0 N–H and O–H groups in total. The summed E-state index contributed by atoms with van der Waals surface area (Å²) in [6, 6.07) is 13.2. The monoisotopic (exact) mass is 512 g/mol. The molecular weight excluding hydrogens is 484 g/mol. The normalized spacial score (nSPS) is 14.7. The third kappa shape index (κ3) is 4.74. The first-order chi connectivity index (χ1) is 18.7. The SMILES string of the molecule is COCc1cc(-c2nnc3c4ccccc4c(OCc4ccc(C(=O)C5CCCCCC5)cn4)nn23)no1. The van der Waals surface area contributed by atoms with Gasteiger partial charge in [-0.3, -0.25) is 9.78 Å². The summed E-state index contributed by atoms with van der Waals surface area (Å²) < 4.78 is 18.2. The van der Waals surface area contributed by atoms with Crippen molar-refractivity contribution in [3.05, 3.63) is 65.7 Å². The number of carbonyl (C=O) groups is 1. The molecule has 194 valence electrons. The van der Waals surface area contributed by atoms with E-state index in [9.17, 15) is 4.79 Å². The second-order valence-corrected chi connectivity index (χ2v) is 9.60. The third-order valence-corrected chi connectivity index (χ3v) is 7.00. The molecule has 0 saturated heterocycles. The molecule has 1 aliphatic carbocycles. The number of nitrogens with zero attached hydrogens (tertiary/aromatic N) is 6. The molecule has 6 rings (SSSR count). The van der Waals surface area contributed by atoms with Crippen molar-refractivity contribution in [2.75, 3.05) is 7.11 Å². The number of aromatic nitrogens is 6. The van der Waals surface area contributed by atoms with Crippen LogP contribution in [0.4, 0.5) is 0 Å². The zero-order chi connectivity index (χ0) is 25.9. The molecule has 1 aromatic carbocycles. The molecule has 5 aromatic rings. The van der Waals surface area contributed by atoms with Crippen LogP contribution >= 0.6 is 0 Å². The largest absolute Gasteiger partial charge is 0.470 e. The lowest BCUT2D eigenvalue weighted by Crippen LogP contribution is -2.14. The summed E-state index contributed by atoms with van der Waals surface area (Å²) in [4.78, 5) is 17.5. The Morgan fingerprint density at radius 1 is 1.03 bits per heavy atom. The van der Waals surface area contributed by atoms with E-state index in [0.29, 0.717) is 46.7 Å². The van der Waals surface area contributed by atoms with Crippen LogP contribution in [0.1, 0.15) is 60.3 Å². The van der Waals surface area contributed by atoms with Crippen LogP contribution in [-0.2, 0) is 18.0 Å². The van der Waals surface area contributed by atoms with Gasteiger partial charge in [0.05, 0.1) is 5.69 Å². The minimum absolute atomic E-state index is 0.108. The number of hydrogen-bond donors (Lipinski definition) is 0. The number of pyridine rings is 1. The van der Waals surface area contributed by atoms with Crippen molar-refractivity contribution < 1.29 is 18.8 Å². The molecule has 0 spiro atoms. The van der Waals surface area contributed by atoms with Crippen molar-refractivity contribution in [3.63, 3.8) is 0 Å². The van der Waals surface area contributed by atoms with E-state index in [0.717, 1.165) is 36.5 Å². The first-order valence-corrected chi connectivity index (χ1v) is 12.9. The third-order valence-electron chi connectivity index (χ3n) is 7.00. The van der Waals surface area contributed by atoms with E-state index in [2.05, 4.69) is 20.3 Å². The standard InChI is InChI=1S/C28H28N6O4/c1-36-17-21-14-24(33-38-21)27-31-30-26-22-10-6-7-11-23(22)28(32-34(26)27)37-16-20-13-12-19(15-29-20)25(35)18-8-4-2-3-5-9-18/h6-7,10-15,18H,2-5,8-9,16-17H2,1H3. The van der Waals surface area contributed by atoms with Crippen LogP contribution in [-0.4, -0.2) is 42.8 Å². The average molecular weight is 513 g/mol.